The minimum absolute atomic E-state index is 0.110. The summed E-state index contributed by atoms with van der Waals surface area (Å²) in [4.78, 5) is 12.5. The number of carbonyl (C=O) groups is 1. The van der Waals surface area contributed by atoms with Gasteiger partial charge >= 0.3 is 0 Å². The maximum Gasteiger partial charge on any atom is 0.193 e. The van der Waals surface area contributed by atoms with Crippen LogP contribution in [0.25, 0.3) is 0 Å². The number of benzene rings is 2. The normalized spacial score (nSPS) is 10.8. The molecule has 0 spiro atoms. The predicted octanol–water partition coefficient (Wildman–Crippen LogP) is 4.73. The lowest BCUT2D eigenvalue weighted by atomic mass is 9.96. The number of ketones is 1. The zero-order valence-electron chi connectivity index (χ0n) is 12.7. The first-order chi connectivity index (χ1) is 9.47. The Balaban J connectivity index is 2.30. The molecule has 0 heterocycles. The van der Waals surface area contributed by atoms with Crippen LogP contribution in [-0.4, -0.2) is 5.78 Å². The SMILES string of the molecule is Cc1ccc(C(=O)c2cccc(CC(C)C)c2)cc1C. The molecule has 1 nitrogen and oxygen atoms in total. The highest BCUT2D eigenvalue weighted by atomic mass is 16.1. The number of hydrogen-bond acceptors (Lipinski definition) is 1. The highest BCUT2D eigenvalue weighted by molar-refractivity contribution is 6.09. The summed E-state index contributed by atoms with van der Waals surface area (Å²) in [7, 11) is 0. The van der Waals surface area contributed by atoms with Crippen molar-refractivity contribution in [2.45, 2.75) is 34.1 Å². The van der Waals surface area contributed by atoms with E-state index in [1.54, 1.807) is 0 Å². The number of hydrogen-bond donors (Lipinski definition) is 0. The topological polar surface area (TPSA) is 17.1 Å². The van der Waals surface area contributed by atoms with Crippen molar-refractivity contribution in [1.29, 1.82) is 0 Å². The molecule has 2 aromatic rings. The van der Waals surface area contributed by atoms with E-state index in [0.29, 0.717) is 5.92 Å². The lowest BCUT2D eigenvalue weighted by Gasteiger charge is -2.08. The third-order valence-electron chi connectivity index (χ3n) is 3.60. The van der Waals surface area contributed by atoms with E-state index in [1.165, 1.54) is 11.1 Å². The molecule has 0 aliphatic rings. The molecule has 0 aliphatic heterocycles. The third-order valence-corrected chi connectivity index (χ3v) is 3.60. The molecule has 0 saturated carbocycles. The van der Waals surface area contributed by atoms with Gasteiger partial charge in [-0.1, -0.05) is 44.2 Å². The van der Waals surface area contributed by atoms with Gasteiger partial charge in [-0.2, -0.15) is 0 Å². The first kappa shape index (κ1) is 14.5. The minimum atomic E-state index is 0.110. The van der Waals surface area contributed by atoms with Gasteiger partial charge in [-0.05, 0) is 55.0 Å². The van der Waals surface area contributed by atoms with Gasteiger partial charge in [0.1, 0.15) is 0 Å². The predicted molar refractivity (Wildman–Crippen MR) is 84.3 cm³/mol. The van der Waals surface area contributed by atoms with Crippen molar-refractivity contribution in [3.63, 3.8) is 0 Å². The minimum Gasteiger partial charge on any atom is -0.289 e. The van der Waals surface area contributed by atoms with Crippen molar-refractivity contribution in [3.05, 3.63) is 70.3 Å². The van der Waals surface area contributed by atoms with Crippen molar-refractivity contribution in [1.82, 2.24) is 0 Å². The fraction of sp³-hybridized carbons (Fsp3) is 0.316. The zero-order chi connectivity index (χ0) is 14.7. The highest BCUT2D eigenvalue weighted by Crippen LogP contribution is 2.16. The van der Waals surface area contributed by atoms with Crippen molar-refractivity contribution in [2.75, 3.05) is 0 Å². The third kappa shape index (κ3) is 3.36. The van der Waals surface area contributed by atoms with Gasteiger partial charge < -0.3 is 0 Å². The van der Waals surface area contributed by atoms with Crippen LogP contribution in [0.2, 0.25) is 0 Å². The van der Waals surface area contributed by atoms with Gasteiger partial charge in [0.05, 0.1) is 0 Å². The van der Waals surface area contributed by atoms with Crippen molar-refractivity contribution in [3.8, 4) is 0 Å². The summed E-state index contributed by atoms with van der Waals surface area (Å²) in [6.45, 7) is 8.49. The summed E-state index contributed by atoms with van der Waals surface area (Å²) < 4.78 is 0. The maximum absolute atomic E-state index is 12.5. The van der Waals surface area contributed by atoms with Gasteiger partial charge in [0.15, 0.2) is 5.78 Å². The molecule has 0 fully saturated rings. The van der Waals surface area contributed by atoms with Gasteiger partial charge in [0.25, 0.3) is 0 Å². The van der Waals surface area contributed by atoms with Crippen LogP contribution in [0.1, 0.15) is 46.5 Å². The Morgan fingerprint density at radius 1 is 0.950 bits per heavy atom. The van der Waals surface area contributed by atoms with E-state index in [9.17, 15) is 4.79 Å². The van der Waals surface area contributed by atoms with E-state index in [2.05, 4.69) is 26.8 Å². The van der Waals surface area contributed by atoms with Gasteiger partial charge in [-0.25, -0.2) is 0 Å². The summed E-state index contributed by atoms with van der Waals surface area (Å²) in [6, 6.07) is 13.9. The average Bonchev–Trinajstić information content (AvgIpc) is 2.40. The Morgan fingerprint density at radius 2 is 1.65 bits per heavy atom. The van der Waals surface area contributed by atoms with Crippen LogP contribution in [0.3, 0.4) is 0 Å². The Bertz CT molecular complexity index is 623. The fourth-order valence-corrected chi connectivity index (χ4v) is 2.36. The lowest BCUT2D eigenvalue weighted by molar-refractivity contribution is 0.103. The van der Waals surface area contributed by atoms with E-state index < -0.39 is 0 Å². The van der Waals surface area contributed by atoms with E-state index >= 15 is 0 Å². The van der Waals surface area contributed by atoms with E-state index in [-0.39, 0.29) is 5.78 Å². The second kappa shape index (κ2) is 6.04. The molecule has 0 aliphatic carbocycles. The van der Waals surface area contributed by atoms with Gasteiger partial charge in [-0.3, -0.25) is 4.79 Å². The Labute approximate surface area is 121 Å². The monoisotopic (exact) mass is 266 g/mol. The molecule has 20 heavy (non-hydrogen) atoms. The molecular formula is C19H22O. The van der Waals surface area contributed by atoms with Crippen molar-refractivity contribution < 1.29 is 4.79 Å². The quantitative estimate of drug-likeness (QED) is 0.731. The zero-order valence-corrected chi connectivity index (χ0v) is 12.7. The second-order valence-corrected chi connectivity index (χ2v) is 5.93. The molecule has 0 aromatic heterocycles. The number of carbonyl (C=O) groups excluding carboxylic acids is 1. The van der Waals surface area contributed by atoms with Crippen LogP contribution in [0, 0.1) is 19.8 Å². The van der Waals surface area contributed by atoms with Crippen LogP contribution in [-0.2, 0) is 6.42 Å². The van der Waals surface area contributed by atoms with Crippen LogP contribution in [0.15, 0.2) is 42.5 Å². The Morgan fingerprint density at radius 3 is 2.30 bits per heavy atom. The van der Waals surface area contributed by atoms with Crippen molar-refractivity contribution in [2.24, 2.45) is 5.92 Å². The molecule has 0 saturated heterocycles. The van der Waals surface area contributed by atoms with Crippen LogP contribution in [0.5, 0.6) is 0 Å². The molecule has 2 rings (SSSR count). The molecule has 1 heteroatoms. The number of aryl methyl sites for hydroxylation is 2. The van der Waals surface area contributed by atoms with E-state index in [1.807, 2.05) is 43.3 Å². The van der Waals surface area contributed by atoms with Gasteiger partial charge in [0.2, 0.25) is 0 Å². The highest BCUT2D eigenvalue weighted by Gasteiger charge is 2.10. The largest absolute Gasteiger partial charge is 0.289 e. The summed E-state index contributed by atoms with van der Waals surface area (Å²) in [5, 5.41) is 0. The Kier molecular flexibility index (Phi) is 4.39. The van der Waals surface area contributed by atoms with E-state index in [0.717, 1.165) is 23.1 Å². The molecule has 0 bridgehead atoms. The molecule has 2 aromatic carbocycles. The molecule has 0 radical (unpaired) electrons. The average molecular weight is 266 g/mol. The molecule has 0 amide bonds. The molecule has 0 atom stereocenters. The second-order valence-electron chi connectivity index (χ2n) is 5.93. The van der Waals surface area contributed by atoms with Crippen LogP contribution >= 0.6 is 0 Å². The maximum atomic E-state index is 12.5. The van der Waals surface area contributed by atoms with Crippen LogP contribution < -0.4 is 0 Å². The molecule has 0 N–H and O–H groups in total. The summed E-state index contributed by atoms with van der Waals surface area (Å²) in [5.41, 5.74) is 5.17. The van der Waals surface area contributed by atoms with Crippen molar-refractivity contribution >= 4 is 5.78 Å². The van der Waals surface area contributed by atoms with Gasteiger partial charge in [0, 0.05) is 11.1 Å². The van der Waals surface area contributed by atoms with Gasteiger partial charge in [-0.15, -0.1) is 0 Å². The molecule has 104 valence electrons. The molecular weight excluding hydrogens is 244 g/mol. The lowest BCUT2D eigenvalue weighted by Crippen LogP contribution is -2.03. The smallest absolute Gasteiger partial charge is 0.193 e. The summed E-state index contributed by atoms with van der Waals surface area (Å²) in [6.07, 6.45) is 1.01. The fourth-order valence-electron chi connectivity index (χ4n) is 2.36. The number of rotatable bonds is 4. The first-order valence-electron chi connectivity index (χ1n) is 7.18. The van der Waals surface area contributed by atoms with E-state index in [4.69, 9.17) is 0 Å². The Hall–Kier alpha value is -1.89. The van der Waals surface area contributed by atoms with Crippen LogP contribution in [0.4, 0.5) is 0 Å². The summed E-state index contributed by atoms with van der Waals surface area (Å²) >= 11 is 0. The molecule has 0 unspecified atom stereocenters. The first-order valence-corrected chi connectivity index (χ1v) is 7.18. The standard InChI is InChI=1S/C19H22O/c1-13(2)10-16-6-5-7-17(12-16)19(20)18-9-8-14(3)15(4)11-18/h5-9,11-13H,10H2,1-4H3. The summed E-state index contributed by atoms with van der Waals surface area (Å²) in [5.74, 6) is 0.709.